The van der Waals surface area contributed by atoms with Crippen LogP contribution < -0.4 is 5.32 Å². The molecule has 0 saturated heterocycles. The number of hydrogen-bond acceptors (Lipinski definition) is 3. The molecule has 1 saturated carbocycles. The molecule has 0 radical (unpaired) electrons. The molecular formula is C15H32N2O. The van der Waals surface area contributed by atoms with E-state index in [1.807, 2.05) is 6.92 Å². The standard InChI is InChI=1S/C15H32N2O/c1-13(18)10-17(5)12-15(8-6-7-9-15)11-16-14(2,3)4/h13,16,18H,6-12H2,1-5H3. The highest BCUT2D eigenvalue weighted by molar-refractivity contribution is 4.91. The number of hydrogen-bond donors (Lipinski definition) is 2. The molecule has 0 aromatic heterocycles. The van der Waals surface area contributed by atoms with Crippen molar-refractivity contribution in [3.05, 3.63) is 0 Å². The number of nitrogens with zero attached hydrogens (tertiary/aromatic N) is 1. The van der Waals surface area contributed by atoms with E-state index in [9.17, 15) is 5.11 Å². The summed E-state index contributed by atoms with van der Waals surface area (Å²) in [5.74, 6) is 0. The van der Waals surface area contributed by atoms with Gasteiger partial charge in [0.1, 0.15) is 0 Å². The molecule has 0 bridgehead atoms. The van der Waals surface area contributed by atoms with Crippen LogP contribution in [0.5, 0.6) is 0 Å². The fourth-order valence-corrected chi connectivity index (χ4v) is 3.06. The Bertz CT molecular complexity index is 239. The van der Waals surface area contributed by atoms with Gasteiger partial charge in [-0.15, -0.1) is 0 Å². The summed E-state index contributed by atoms with van der Waals surface area (Å²) in [5, 5.41) is 13.2. The average Bonchev–Trinajstić information content (AvgIpc) is 2.61. The first-order chi connectivity index (χ1) is 8.22. The molecule has 0 aromatic carbocycles. The first-order valence-corrected chi connectivity index (χ1v) is 7.34. The quantitative estimate of drug-likeness (QED) is 0.765. The Morgan fingerprint density at radius 1 is 1.28 bits per heavy atom. The summed E-state index contributed by atoms with van der Waals surface area (Å²) in [6, 6.07) is 0. The van der Waals surface area contributed by atoms with E-state index in [1.54, 1.807) is 0 Å². The lowest BCUT2D eigenvalue weighted by Crippen LogP contribution is -2.47. The van der Waals surface area contributed by atoms with E-state index in [0.717, 1.165) is 19.6 Å². The van der Waals surface area contributed by atoms with Crippen molar-refractivity contribution >= 4 is 0 Å². The van der Waals surface area contributed by atoms with Crippen molar-refractivity contribution in [3.8, 4) is 0 Å². The van der Waals surface area contributed by atoms with Gasteiger partial charge in [-0.25, -0.2) is 0 Å². The van der Waals surface area contributed by atoms with Crippen LogP contribution >= 0.6 is 0 Å². The third-order valence-corrected chi connectivity index (χ3v) is 3.84. The molecule has 1 aliphatic rings. The molecule has 108 valence electrons. The molecule has 0 amide bonds. The normalized spacial score (nSPS) is 21.5. The SMILES string of the molecule is CC(O)CN(C)CC1(CNC(C)(C)C)CCCC1. The fourth-order valence-electron chi connectivity index (χ4n) is 3.06. The third-order valence-electron chi connectivity index (χ3n) is 3.84. The van der Waals surface area contributed by atoms with Crippen molar-refractivity contribution in [1.29, 1.82) is 0 Å². The molecule has 1 rings (SSSR count). The van der Waals surface area contributed by atoms with Crippen LogP contribution in [0.3, 0.4) is 0 Å². The summed E-state index contributed by atoms with van der Waals surface area (Å²) in [6.45, 7) is 11.5. The van der Waals surface area contributed by atoms with Crippen LogP contribution in [0.15, 0.2) is 0 Å². The molecule has 3 nitrogen and oxygen atoms in total. The van der Waals surface area contributed by atoms with Crippen molar-refractivity contribution in [2.45, 2.75) is 65.0 Å². The summed E-state index contributed by atoms with van der Waals surface area (Å²) >= 11 is 0. The molecular weight excluding hydrogens is 224 g/mol. The van der Waals surface area contributed by atoms with Gasteiger partial charge in [0.15, 0.2) is 0 Å². The van der Waals surface area contributed by atoms with Gasteiger partial charge in [-0.05, 0) is 53.0 Å². The Hall–Kier alpha value is -0.120. The topological polar surface area (TPSA) is 35.5 Å². The molecule has 0 heterocycles. The van der Waals surface area contributed by atoms with Gasteiger partial charge in [0.05, 0.1) is 6.10 Å². The number of likely N-dealkylation sites (N-methyl/N-ethyl adjacent to an activating group) is 1. The number of aliphatic hydroxyl groups excluding tert-OH is 1. The van der Waals surface area contributed by atoms with Crippen molar-refractivity contribution in [2.75, 3.05) is 26.7 Å². The summed E-state index contributed by atoms with van der Waals surface area (Å²) in [6.07, 6.45) is 5.12. The van der Waals surface area contributed by atoms with Gasteiger partial charge in [0.25, 0.3) is 0 Å². The van der Waals surface area contributed by atoms with E-state index in [0.29, 0.717) is 5.41 Å². The molecule has 0 aliphatic heterocycles. The van der Waals surface area contributed by atoms with Crippen molar-refractivity contribution < 1.29 is 5.11 Å². The van der Waals surface area contributed by atoms with Gasteiger partial charge >= 0.3 is 0 Å². The zero-order valence-electron chi connectivity index (χ0n) is 12.9. The Morgan fingerprint density at radius 3 is 2.28 bits per heavy atom. The first-order valence-electron chi connectivity index (χ1n) is 7.34. The smallest absolute Gasteiger partial charge is 0.0638 e. The molecule has 1 atom stereocenters. The van der Waals surface area contributed by atoms with Crippen LogP contribution in [0.25, 0.3) is 0 Å². The minimum absolute atomic E-state index is 0.193. The lowest BCUT2D eigenvalue weighted by molar-refractivity contribution is 0.102. The lowest BCUT2D eigenvalue weighted by Gasteiger charge is -2.37. The maximum Gasteiger partial charge on any atom is 0.0638 e. The van der Waals surface area contributed by atoms with Gasteiger partial charge in [0, 0.05) is 25.2 Å². The zero-order valence-corrected chi connectivity index (χ0v) is 12.9. The monoisotopic (exact) mass is 256 g/mol. The summed E-state index contributed by atoms with van der Waals surface area (Å²) in [4.78, 5) is 2.29. The molecule has 18 heavy (non-hydrogen) atoms. The van der Waals surface area contributed by atoms with E-state index in [1.165, 1.54) is 25.7 Å². The van der Waals surface area contributed by atoms with Crippen LogP contribution in [-0.2, 0) is 0 Å². The summed E-state index contributed by atoms with van der Waals surface area (Å²) < 4.78 is 0. The van der Waals surface area contributed by atoms with Crippen LogP contribution in [0.4, 0.5) is 0 Å². The summed E-state index contributed by atoms with van der Waals surface area (Å²) in [5.41, 5.74) is 0.606. The third kappa shape index (κ3) is 5.68. The van der Waals surface area contributed by atoms with E-state index < -0.39 is 0 Å². The van der Waals surface area contributed by atoms with Crippen LogP contribution in [0.2, 0.25) is 0 Å². The average molecular weight is 256 g/mol. The van der Waals surface area contributed by atoms with Gasteiger partial charge in [-0.2, -0.15) is 0 Å². The predicted octanol–water partition coefficient (Wildman–Crippen LogP) is 2.25. The van der Waals surface area contributed by atoms with Gasteiger partial charge < -0.3 is 15.3 Å². The second-order valence-electron chi connectivity index (χ2n) is 7.36. The highest BCUT2D eigenvalue weighted by Gasteiger charge is 2.35. The van der Waals surface area contributed by atoms with Crippen LogP contribution in [-0.4, -0.2) is 48.3 Å². The van der Waals surface area contributed by atoms with Crippen molar-refractivity contribution in [2.24, 2.45) is 5.41 Å². The number of aliphatic hydroxyl groups is 1. The van der Waals surface area contributed by atoms with Gasteiger partial charge in [-0.3, -0.25) is 0 Å². The van der Waals surface area contributed by atoms with E-state index >= 15 is 0 Å². The molecule has 1 fully saturated rings. The van der Waals surface area contributed by atoms with Crippen molar-refractivity contribution in [3.63, 3.8) is 0 Å². The summed E-state index contributed by atoms with van der Waals surface area (Å²) in [7, 11) is 2.13. The zero-order chi connectivity index (χ0) is 13.8. The predicted molar refractivity (Wildman–Crippen MR) is 77.8 cm³/mol. The molecule has 2 N–H and O–H groups in total. The maximum absolute atomic E-state index is 9.48. The number of nitrogens with one attached hydrogen (secondary N) is 1. The highest BCUT2D eigenvalue weighted by atomic mass is 16.3. The van der Waals surface area contributed by atoms with Crippen molar-refractivity contribution in [1.82, 2.24) is 10.2 Å². The second kappa shape index (κ2) is 6.36. The van der Waals surface area contributed by atoms with E-state index in [4.69, 9.17) is 0 Å². The lowest BCUT2D eigenvalue weighted by atomic mass is 9.84. The highest BCUT2D eigenvalue weighted by Crippen LogP contribution is 2.38. The van der Waals surface area contributed by atoms with Gasteiger partial charge in [-0.1, -0.05) is 12.8 Å². The van der Waals surface area contributed by atoms with Gasteiger partial charge in [0.2, 0.25) is 0 Å². The molecule has 1 aliphatic carbocycles. The van der Waals surface area contributed by atoms with Crippen LogP contribution in [0, 0.1) is 5.41 Å². The Morgan fingerprint density at radius 2 is 1.83 bits per heavy atom. The first kappa shape index (κ1) is 15.9. The minimum atomic E-state index is -0.232. The Labute approximate surface area is 113 Å². The van der Waals surface area contributed by atoms with E-state index in [-0.39, 0.29) is 11.6 Å². The maximum atomic E-state index is 9.48. The Balaban J connectivity index is 2.52. The number of rotatable bonds is 6. The van der Waals surface area contributed by atoms with Crippen LogP contribution in [0.1, 0.15) is 53.4 Å². The fraction of sp³-hybridized carbons (Fsp3) is 1.00. The minimum Gasteiger partial charge on any atom is -0.392 e. The molecule has 0 spiro atoms. The largest absolute Gasteiger partial charge is 0.392 e. The second-order valence-corrected chi connectivity index (χ2v) is 7.36. The van der Waals surface area contributed by atoms with E-state index in [2.05, 4.69) is 38.0 Å². The molecule has 0 aromatic rings. The molecule has 1 unspecified atom stereocenters. The Kier molecular flexibility index (Phi) is 5.63. The molecule has 3 heteroatoms.